The Morgan fingerprint density at radius 3 is 2.09 bits per heavy atom. The minimum absolute atomic E-state index is 0.0369. The number of hydrogen-bond donors (Lipinski definition) is 1. The molecule has 0 aromatic heterocycles. The van der Waals surface area contributed by atoms with Crippen molar-refractivity contribution < 1.29 is 9.53 Å². The number of anilines is 2. The Labute approximate surface area is 143 Å². The highest BCUT2D eigenvalue weighted by atomic mass is 35.5. The molecule has 0 bridgehead atoms. The molecule has 116 valence electrons. The highest BCUT2D eigenvalue weighted by Gasteiger charge is 2.40. The summed E-state index contributed by atoms with van der Waals surface area (Å²) in [5, 5.41) is 8.73. The van der Waals surface area contributed by atoms with Gasteiger partial charge in [0.25, 0.3) is 0 Å². The fraction of sp³-hybridized carbons (Fsp3) is 0.0625. The number of ether oxygens (including phenoxy) is 1. The van der Waals surface area contributed by atoms with Gasteiger partial charge >= 0.3 is 6.03 Å². The van der Waals surface area contributed by atoms with E-state index in [-0.39, 0.29) is 10.8 Å². The molecule has 23 heavy (non-hydrogen) atoms. The van der Waals surface area contributed by atoms with Crippen molar-refractivity contribution in [1.82, 2.24) is 0 Å². The zero-order chi connectivity index (χ0) is 16.6. The normalized spacial score (nSPS) is 14.6. The van der Waals surface area contributed by atoms with Crippen molar-refractivity contribution in [3.63, 3.8) is 0 Å². The Morgan fingerprint density at radius 2 is 1.52 bits per heavy atom. The van der Waals surface area contributed by atoms with Crippen LogP contribution in [-0.2, 0) is 0 Å². The molecule has 3 rings (SSSR count). The molecular formula is C16H12ClN3O2S. The first-order valence-electron chi connectivity index (χ1n) is 6.69. The van der Waals surface area contributed by atoms with Crippen LogP contribution in [0.15, 0.2) is 48.5 Å². The fourth-order valence-corrected chi connectivity index (χ4v) is 2.67. The predicted molar refractivity (Wildman–Crippen MR) is 95.1 cm³/mol. The summed E-state index contributed by atoms with van der Waals surface area (Å²) in [5.41, 5.74) is 1.13. The number of nitrogens with one attached hydrogen (secondary N) is 1. The largest absolute Gasteiger partial charge is 0.497 e. The molecule has 5 nitrogen and oxygen atoms in total. The summed E-state index contributed by atoms with van der Waals surface area (Å²) in [6, 6.07) is 13.2. The number of halogens is 1. The summed E-state index contributed by atoms with van der Waals surface area (Å²) in [6.45, 7) is 0. The molecule has 0 spiro atoms. The van der Waals surface area contributed by atoms with Crippen LogP contribution in [0.1, 0.15) is 0 Å². The molecule has 2 amide bonds. The fourth-order valence-electron chi connectivity index (χ4n) is 2.27. The Bertz CT molecular complexity index is 790. The number of carbonyl (C=O) groups excluding carboxylic acids is 1. The molecule has 2 aromatic rings. The maximum atomic E-state index is 12.7. The van der Waals surface area contributed by atoms with Gasteiger partial charge in [-0.05, 0) is 48.5 Å². The molecule has 0 aliphatic carbocycles. The lowest BCUT2D eigenvalue weighted by molar-refractivity contribution is 0.257. The zero-order valence-corrected chi connectivity index (χ0v) is 13.7. The second kappa shape index (κ2) is 5.98. The molecule has 1 heterocycles. The van der Waals surface area contributed by atoms with Gasteiger partial charge in [-0.3, -0.25) is 5.41 Å². The number of amides is 2. The van der Waals surface area contributed by atoms with Crippen LogP contribution < -0.4 is 14.5 Å². The third-order valence-corrected chi connectivity index (χ3v) is 4.06. The number of benzene rings is 2. The molecule has 1 aliphatic heterocycles. The highest BCUT2D eigenvalue weighted by molar-refractivity contribution is 7.82. The first kappa shape index (κ1) is 15.5. The van der Waals surface area contributed by atoms with Crippen molar-refractivity contribution in [2.45, 2.75) is 0 Å². The Hall–Kier alpha value is -2.44. The van der Waals surface area contributed by atoms with E-state index in [4.69, 9.17) is 34.0 Å². The van der Waals surface area contributed by atoms with Gasteiger partial charge in [0.1, 0.15) is 5.75 Å². The predicted octanol–water partition coefficient (Wildman–Crippen LogP) is 4.10. The van der Waals surface area contributed by atoms with Crippen molar-refractivity contribution in [2.75, 3.05) is 16.9 Å². The van der Waals surface area contributed by atoms with Crippen LogP contribution in [0.5, 0.6) is 5.75 Å². The number of urea groups is 1. The lowest BCUT2D eigenvalue weighted by Crippen LogP contribution is -2.33. The van der Waals surface area contributed by atoms with E-state index >= 15 is 0 Å². The number of thiocarbonyl (C=S) groups is 1. The molecule has 1 aliphatic rings. The third-order valence-electron chi connectivity index (χ3n) is 3.43. The molecule has 7 heteroatoms. The summed E-state index contributed by atoms with van der Waals surface area (Å²) in [6.07, 6.45) is 0. The van der Waals surface area contributed by atoms with Crippen molar-refractivity contribution in [3.8, 4) is 5.75 Å². The lowest BCUT2D eigenvalue weighted by Gasteiger charge is -2.17. The van der Waals surface area contributed by atoms with Crippen molar-refractivity contribution >= 4 is 52.0 Å². The molecule has 0 radical (unpaired) electrons. The average Bonchev–Trinajstić information content (AvgIpc) is 2.78. The molecule has 0 unspecified atom stereocenters. The van der Waals surface area contributed by atoms with Gasteiger partial charge in [-0.2, -0.15) is 0 Å². The molecular weight excluding hydrogens is 334 g/mol. The molecule has 0 atom stereocenters. The van der Waals surface area contributed by atoms with Gasteiger partial charge in [-0.25, -0.2) is 14.6 Å². The van der Waals surface area contributed by atoms with Crippen LogP contribution in [0.4, 0.5) is 16.2 Å². The summed E-state index contributed by atoms with van der Waals surface area (Å²) in [5.74, 6) is 0.633. The van der Waals surface area contributed by atoms with E-state index in [0.717, 1.165) is 0 Å². The Morgan fingerprint density at radius 1 is 1.00 bits per heavy atom. The van der Waals surface area contributed by atoms with E-state index in [0.29, 0.717) is 22.1 Å². The van der Waals surface area contributed by atoms with Crippen molar-refractivity contribution in [1.29, 1.82) is 5.41 Å². The quantitative estimate of drug-likeness (QED) is 0.852. The van der Waals surface area contributed by atoms with Gasteiger partial charge in [0.2, 0.25) is 0 Å². The Balaban J connectivity index is 1.97. The molecule has 0 saturated carbocycles. The van der Waals surface area contributed by atoms with Gasteiger partial charge in [-0.15, -0.1) is 0 Å². The van der Waals surface area contributed by atoms with Crippen LogP contribution in [0.3, 0.4) is 0 Å². The maximum Gasteiger partial charge on any atom is 0.340 e. The second-order valence-electron chi connectivity index (χ2n) is 4.78. The van der Waals surface area contributed by atoms with E-state index in [1.807, 2.05) is 0 Å². The van der Waals surface area contributed by atoms with Crippen LogP contribution >= 0.6 is 23.8 Å². The molecule has 1 saturated heterocycles. The minimum atomic E-state index is -0.396. The number of carbonyl (C=O) groups is 1. The van der Waals surface area contributed by atoms with Crippen LogP contribution in [-0.4, -0.2) is 24.0 Å². The zero-order valence-electron chi connectivity index (χ0n) is 12.1. The van der Waals surface area contributed by atoms with Crippen LogP contribution in [0.2, 0.25) is 5.02 Å². The number of amidine groups is 1. The van der Waals surface area contributed by atoms with Gasteiger partial charge in [-0.1, -0.05) is 23.8 Å². The number of nitrogens with zero attached hydrogens (tertiary/aromatic N) is 2. The molecule has 1 fully saturated rings. The third kappa shape index (κ3) is 2.67. The van der Waals surface area contributed by atoms with E-state index in [2.05, 4.69) is 0 Å². The lowest BCUT2D eigenvalue weighted by atomic mass is 10.3. The smallest absolute Gasteiger partial charge is 0.340 e. The molecule has 2 aromatic carbocycles. The van der Waals surface area contributed by atoms with Gasteiger partial charge in [0.15, 0.2) is 10.8 Å². The maximum absolute atomic E-state index is 12.7. The summed E-state index contributed by atoms with van der Waals surface area (Å²) in [7, 11) is 1.56. The summed E-state index contributed by atoms with van der Waals surface area (Å²) in [4.78, 5) is 15.5. The van der Waals surface area contributed by atoms with Crippen LogP contribution in [0, 0.1) is 5.41 Å². The monoisotopic (exact) mass is 345 g/mol. The van der Waals surface area contributed by atoms with Gasteiger partial charge < -0.3 is 4.74 Å². The Kier molecular flexibility index (Phi) is 4.02. The highest BCUT2D eigenvalue weighted by Crippen LogP contribution is 2.29. The first-order chi connectivity index (χ1) is 11.0. The standard InChI is InChI=1S/C16H12ClN3O2S/c1-22-13-8-6-11(7-9-13)19-14(18)15(23)20(16(19)21)12-4-2-10(17)3-5-12/h2-9,18H,1H3. The molecule has 1 N–H and O–H groups in total. The van der Waals surface area contributed by atoms with Gasteiger partial charge in [0, 0.05) is 5.02 Å². The van der Waals surface area contributed by atoms with Crippen LogP contribution in [0.25, 0.3) is 0 Å². The van der Waals surface area contributed by atoms with Gasteiger partial charge in [0.05, 0.1) is 18.5 Å². The van der Waals surface area contributed by atoms with E-state index in [9.17, 15) is 4.79 Å². The van der Waals surface area contributed by atoms with Crippen molar-refractivity contribution in [3.05, 3.63) is 53.6 Å². The summed E-state index contributed by atoms with van der Waals surface area (Å²) >= 11 is 11.1. The van der Waals surface area contributed by atoms with E-state index in [1.165, 1.54) is 9.80 Å². The SMILES string of the molecule is COc1ccc(N2C(=N)C(=S)N(c3ccc(Cl)cc3)C2=O)cc1. The number of rotatable bonds is 3. The first-order valence-corrected chi connectivity index (χ1v) is 7.48. The second-order valence-corrected chi connectivity index (χ2v) is 5.60. The van der Waals surface area contributed by atoms with E-state index in [1.54, 1.807) is 55.6 Å². The minimum Gasteiger partial charge on any atom is -0.497 e. The average molecular weight is 346 g/mol. The number of methoxy groups -OCH3 is 1. The van der Waals surface area contributed by atoms with Crippen molar-refractivity contribution in [2.24, 2.45) is 0 Å². The number of hydrogen-bond acceptors (Lipinski definition) is 4. The topological polar surface area (TPSA) is 56.6 Å². The summed E-state index contributed by atoms with van der Waals surface area (Å²) < 4.78 is 5.10. The van der Waals surface area contributed by atoms with E-state index < -0.39 is 6.03 Å².